The molecule has 0 unspecified atom stereocenters. The Hall–Kier alpha value is -2.53. The van der Waals surface area contributed by atoms with Gasteiger partial charge >= 0.3 is 6.18 Å². The molecule has 4 rings (SSSR count). The van der Waals surface area contributed by atoms with Gasteiger partial charge in [0.2, 0.25) is 5.95 Å². The molecular weight excluding hydrogens is 482 g/mol. The van der Waals surface area contributed by atoms with Crippen LogP contribution in [0.1, 0.15) is 49.8 Å². The first-order valence-corrected chi connectivity index (χ1v) is 12.3. The summed E-state index contributed by atoms with van der Waals surface area (Å²) in [5.74, 6) is -0.269. The lowest BCUT2D eigenvalue weighted by atomic mass is 9.74. The van der Waals surface area contributed by atoms with E-state index in [1.807, 2.05) is 4.90 Å². The molecule has 0 spiro atoms. The quantitative estimate of drug-likeness (QED) is 0.430. The Morgan fingerprint density at radius 3 is 2.31 bits per heavy atom. The van der Waals surface area contributed by atoms with E-state index in [4.69, 9.17) is 17.0 Å². The second-order valence-electron chi connectivity index (χ2n) is 9.04. The summed E-state index contributed by atoms with van der Waals surface area (Å²) < 4.78 is 59.7. The van der Waals surface area contributed by atoms with Crippen molar-refractivity contribution in [3.63, 3.8) is 0 Å². The maximum absolute atomic E-state index is 13.6. The summed E-state index contributed by atoms with van der Waals surface area (Å²) in [7, 11) is 0. The van der Waals surface area contributed by atoms with E-state index in [-0.39, 0.29) is 28.1 Å². The summed E-state index contributed by atoms with van der Waals surface area (Å²) in [6, 6.07) is 7.34. The molecule has 2 aliphatic rings. The highest BCUT2D eigenvalue weighted by molar-refractivity contribution is 7.80. The zero-order chi connectivity index (χ0) is 24.9. The summed E-state index contributed by atoms with van der Waals surface area (Å²) >= 11 is 5.39. The van der Waals surface area contributed by atoms with Crippen molar-refractivity contribution in [3.05, 3.63) is 47.4 Å². The van der Waals surface area contributed by atoms with Crippen LogP contribution in [0.15, 0.2) is 30.3 Å². The van der Waals surface area contributed by atoms with Gasteiger partial charge in [-0.05, 0) is 55.6 Å². The summed E-state index contributed by atoms with van der Waals surface area (Å²) in [5, 5.41) is 5.99. The van der Waals surface area contributed by atoms with Crippen molar-refractivity contribution >= 4 is 29.1 Å². The normalized spacial score (nSPS) is 18.6. The summed E-state index contributed by atoms with van der Waals surface area (Å²) in [6.07, 6.45) is 0.707. The minimum Gasteiger partial charge on any atom is -0.381 e. The van der Waals surface area contributed by atoms with Crippen molar-refractivity contribution in [2.75, 3.05) is 43.1 Å². The van der Waals surface area contributed by atoms with Crippen LogP contribution in [0.3, 0.4) is 0 Å². The van der Waals surface area contributed by atoms with E-state index in [9.17, 15) is 17.6 Å². The highest BCUT2D eigenvalue weighted by Gasteiger charge is 2.36. The first-order chi connectivity index (χ1) is 16.7. The van der Waals surface area contributed by atoms with Crippen LogP contribution >= 0.6 is 12.2 Å². The van der Waals surface area contributed by atoms with E-state index in [0.717, 1.165) is 37.3 Å². The van der Waals surface area contributed by atoms with Gasteiger partial charge in [-0.1, -0.05) is 25.0 Å². The molecule has 2 aliphatic heterocycles. The molecule has 1 aromatic heterocycles. The second-order valence-corrected chi connectivity index (χ2v) is 9.45. The molecule has 0 radical (unpaired) electrons. The van der Waals surface area contributed by atoms with Crippen molar-refractivity contribution in [2.45, 2.75) is 50.1 Å². The highest BCUT2D eigenvalue weighted by Crippen LogP contribution is 2.35. The number of nitrogens with one attached hydrogen (secondary N) is 2. The third kappa shape index (κ3) is 6.58. The fourth-order valence-corrected chi connectivity index (χ4v) is 4.79. The zero-order valence-corrected chi connectivity index (χ0v) is 20.2. The lowest BCUT2D eigenvalue weighted by Crippen LogP contribution is -2.45. The van der Waals surface area contributed by atoms with Crippen molar-refractivity contribution in [1.29, 1.82) is 0 Å². The first kappa shape index (κ1) is 25.6. The van der Waals surface area contributed by atoms with Crippen molar-refractivity contribution < 1.29 is 22.3 Å². The maximum Gasteiger partial charge on any atom is 0.433 e. The molecule has 11 heteroatoms. The Bertz CT molecular complexity index is 1000. The minimum atomic E-state index is -4.61. The maximum atomic E-state index is 13.6. The molecule has 0 aliphatic carbocycles. The molecule has 0 atom stereocenters. The molecule has 3 heterocycles. The number of hydrogen-bond acceptors (Lipinski definition) is 5. The third-order valence-electron chi connectivity index (χ3n) is 6.65. The predicted octanol–water partition coefficient (Wildman–Crippen LogP) is 5.05. The number of alkyl halides is 3. The second kappa shape index (κ2) is 11.0. The largest absolute Gasteiger partial charge is 0.433 e. The molecule has 2 fully saturated rings. The van der Waals surface area contributed by atoms with Gasteiger partial charge in [0.1, 0.15) is 11.6 Å². The molecule has 190 valence electrons. The van der Waals surface area contributed by atoms with E-state index in [0.29, 0.717) is 45.7 Å². The Labute approximate surface area is 207 Å². The molecule has 2 aromatic rings. The molecule has 0 amide bonds. The topological polar surface area (TPSA) is 62.3 Å². The molecule has 0 saturated carbocycles. The number of ether oxygens (including phenoxy) is 1. The van der Waals surface area contributed by atoms with E-state index in [1.54, 1.807) is 12.1 Å². The van der Waals surface area contributed by atoms with Gasteiger partial charge < -0.3 is 20.3 Å². The van der Waals surface area contributed by atoms with Gasteiger partial charge in [-0.3, -0.25) is 0 Å². The van der Waals surface area contributed by atoms with Gasteiger partial charge in [0.15, 0.2) is 10.8 Å². The number of aromatic nitrogens is 2. The monoisotopic (exact) mass is 511 g/mol. The van der Waals surface area contributed by atoms with Crippen LogP contribution < -0.4 is 15.5 Å². The number of hydrogen-bond donors (Lipinski definition) is 2. The molecule has 2 N–H and O–H groups in total. The molecule has 1 aromatic carbocycles. The van der Waals surface area contributed by atoms with Gasteiger partial charge in [-0.15, -0.1) is 0 Å². The van der Waals surface area contributed by atoms with Crippen molar-refractivity contribution in [2.24, 2.45) is 0 Å². The van der Waals surface area contributed by atoms with Crippen LogP contribution in [-0.2, 0) is 16.3 Å². The Morgan fingerprint density at radius 2 is 1.69 bits per heavy atom. The number of benzene rings is 1. The SMILES string of the molecule is Fc1ccc(C2(CNC(=S)Nc3nc(N4CCCCCC4)cc(C(F)(F)F)n3)CCOCC2)cc1. The van der Waals surface area contributed by atoms with Crippen LogP contribution in [0.4, 0.5) is 29.3 Å². The number of nitrogens with zero attached hydrogens (tertiary/aromatic N) is 3. The van der Waals surface area contributed by atoms with Crippen LogP contribution in [-0.4, -0.2) is 47.9 Å². The molecule has 35 heavy (non-hydrogen) atoms. The van der Waals surface area contributed by atoms with Gasteiger partial charge in [-0.2, -0.15) is 18.2 Å². The molecular formula is C24H29F4N5OS. The number of rotatable bonds is 5. The predicted molar refractivity (Wildman–Crippen MR) is 130 cm³/mol. The van der Waals surface area contributed by atoms with E-state index < -0.39 is 11.9 Å². The fraction of sp³-hybridized carbons (Fsp3) is 0.542. The van der Waals surface area contributed by atoms with Crippen LogP contribution in [0.2, 0.25) is 0 Å². The van der Waals surface area contributed by atoms with Crippen molar-refractivity contribution in [1.82, 2.24) is 15.3 Å². The lowest BCUT2D eigenvalue weighted by molar-refractivity contribution is -0.141. The zero-order valence-electron chi connectivity index (χ0n) is 19.3. The standard InChI is InChI=1S/C24H29F4N5OS/c25-18-7-5-17(6-8-18)23(9-13-34-14-10-23)16-29-22(35)32-21-30-19(24(26,27)28)15-20(31-21)33-11-3-1-2-4-12-33/h5-8,15H,1-4,9-14,16H2,(H2,29,30,31,32,35). The Morgan fingerprint density at radius 1 is 1.03 bits per heavy atom. The lowest BCUT2D eigenvalue weighted by Gasteiger charge is -2.38. The van der Waals surface area contributed by atoms with Crippen LogP contribution in [0, 0.1) is 5.82 Å². The van der Waals surface area contributed by atoms with E-state index >= 15 is 0 Å². The third-order valence-corrected chi connectivity index (χ3v) is 6.90. The Balaban J connectivity index is 1.50. The molecule has 2 saturated heterocycles. The van der Waals surface area contributed by atoms with E-state index in [2.05, 4.69) is 20.6 Å². The minimum absolute atomic E-state index is 0.124. The molecule has 0 bridgehead atoms. The smallest absolute Gasteiger partial charge is 0.381 e. The van der Waals surface area contributed by atoms with Crippen LogP contribution in [0.25, 0.3) is 0 Å². The van der Waals surface area contributed by atoms with Crippen molar-refractivity contribution in [3.8, 4) is 0 Å². The summed E-state index contributed by atoms with van der Waals surface area (Å²) in [4.78, 5) is 9.90. The van der Waals surface area contributed by atoms with Gasteiger partial charge in [-0.25, -0.2) is 9.37 Å². The average Bonchev–Trinajstić information content (AvgIpc) is 3.13. The van der Waals surface area contributed by atoms with Gasteiger partial charge in [0, 0.05) is 44.3 Å². The number of anilines is 2. The summed E-state index contributed by atoms with van der Waals surface area (Å²) in [5.41, 5.74) is -0.399. The highest BCUT2D eigenvalue weighted by atomic mass is 32.1. The van der Waals surface area contributed by atoms with Crippen LogP contribution in [0.5, 0.6) is 0 Å². The van der Waals surface area contributed by atoms with Gasteiger partial charge in [0.25, 0.3) is 0 Å². The van der Waals surface area contributed by atoms with Gasteiger partial charge in [0.05, 0.1) is 0 Å². The average molecular weight is 512 g/mol. The summed E-state index contributed by atoms with van der Waals surface area (Å²) in [6.45, 7) is 2.81. The Kier molecular flexibility index (Phi) is 8.05. The van der Waals surface area contributed by atoms with E-state index in [1.165, 1.54) is 12.1 Å². The number of halogens is 4. The first-order valence-electron chi connectivity index (χ1n) is 11.9. The number of thiocarbonyl (C=S) groups is 1. The molecule has 6 nitrogen and oxygen atoms in total. The fourth-order valence-electron chi connectivity index (χ4n) is 4.63.